The molecule has 1 amide bonds. The molecule has 7 nitrogen and oxygen atoms in total. The number of aromatic nitrogens is 1. The lowest BCUT2D eigenvalue weighted by atomic mass is 10.1. The number of amides is 1. The topological polar surface area (TPSA) is 96.2 Å². The number of hydrogen-bond acceptors (Lipinski definition) is 5. The minimum Gasteiger partial charge on any atom is -0.496 e. The molecule has 2 N–H and O–H groups in total. The summed E-state index contributed by atoms with van der Waals surface area (Å²) in [5.41, 5.74) is 3.49. The van der Waals surface area contributed by atoms with E-state index in [1.807, 2.05) is 6.07 Å². The Hall–Kier alpha value is -2.70. The number of thiocarbonyl (C=S) groups is 1. The Kier molecular flexibility index (Phi) is 6.13. The molecule has 0 saturated heterocycles. The van der Waals surface area contributed by atoms with Crippen LogP contribution in [0.1, 0.15) is 27.2 Å². The lowest BCUT2D eigenvalue weighted by molar-refractivity contribution is 0.0974. The smallest absolute Gasteiger partial charge is 0.287 e. The highest BCUT2D eigenvalue weighted by atomic mass is 79.9. The molecule has 1 aromatic heterocycles. The lowest BCUT2D eigenvalue weighted by Gasteiger charge is -2.16. The zero-order chi connectivity index (χ0) is 19.4. The van der Waals surface area contributed by atoms with E-state index in [9.17, 15) is 9.59 Å². The predicted molar refractivity (Wildman–Crippen MR) is 105 cm³/mol. The highest BCUT2D eigenvalue weighted by Gasteiger charge is 2.16. The van der Waals surface area contributed by atoms with E-state index in [1.165, 1.54) is 7.11 Å². The molecule has 1 aromatic carbocycles. The van der Waals surface area contributed by atoms with Crippen molar-refractivity contribution in [3.63, 3.8) is 0 Å². The van der Waals surface area contributed by atoms with Gasteiger partial charge in [0.15, 0.2) is 5.11 Å². The van der Waals surface area contributed by atoms with Crippen molar-refractivity contribution in [3.8, 4) is 11.8 Å². The number of carbonyl (C=O) groups excluding carboxylic acids is 1. The first-order valence-electron chi connectivity index (χ1n) is 7.37. The monoisotopic (exact) mass is 434 g/mol. The molecule has 0 aliphatic rings. The Balaban J connectivity index is 2.26. The van der Waals surface area contributed by atoms with Crippen molar-refractivity contribution in [2.45, 2.75) is 13.8 Å². The van der Waals surface area contributed by atoms with E-state index in [4.69, 9.17) is 22.2 Å². The summed E-state index contributed by atoms with van der Waals surface area (Å²) < 4.78 is 6.98. The number of nitriles is 1. The van der Waals surface area contributed by atoms with Gasteiger partial charge in [-0.2, -0.15) is 5.26 Å². The van der Waals surface area contributed by atoms with Gasteiger partial charge >= 0.3 is 0 Å². The number of ether oxygens (including phenoxy) is 1. The molecule has 2 aromatic rings. The van der Waals surface area contributed by atoms with Gasteiger partial charge in [-0.25, -0.2) is 4.68 Å². The number of carbonyl (C=O) groups is 1. The molecule has 0 spiro atoms. The molecular formula is C17H15BrN4O3S. The zero-order valence-corrected chi connectivity index (χ0v) is 16.6. The van der Waals surface area contributed by atoms with Crippen molar-refractivity contribution < 1.29 is 9.53 Å². The molecule has 0 bridgehead atoms. The molecule has 1 heterocycles. The van der Waals surface area contributed by atoms with Crippen LogP contribution in [0.4, 0.5) is 0 Å². The lowest BCUT2D eigenvalue weighted by Crippen LogP contribution is -2.43. The molecule has 0 unspecified atom stereocenters. The number of rotatable bonds is 3. The molecule has 0 aliphatic heterocycles. The van der Waals surface area contributed by atoms with Gasteiger partial charge in [0.25, 0.3) is 11.5 Å². The van der Waals surface area contributed by atoms with Crippen molar-refractivity contribution in [1.82, 2.24) is 9.99 Å². The molecule has 0 radical (unpaired) electrons. The summed E-state index contributed by atoms with van der Waals surface area (Å²) in [6, 6.07) is 8.52. The maximum Gasteiger partial charge on any atom is 0.287 e. The average molecular weight is 435 g/mol. The van der Waals surface area contributed by atoms with Crippen LogP contribution < -0.4 is 21.0 Å². The second-order valence-corrected chi connectivity index (χ2v) is 6.66. The third-order valence-corrected chi connectivity index (χ3v) is 4.23. The normalized spacial score (nSPS) is 9.96. The van der Waals surface area contributed by atoms with Gasteiger partial charge in [0, 0.05) is 10.2 Å². The Labute approximate surface area is 163 Å². The fourth-order valence-electron chi connectivity index (χ4n) is 2.32. The number of benzene rings is 1. The minimum atomic E-state index is -0.540. The summed E-state index contributed by atoms with van der Waals surface area (Å²) >= 11 is 8.41. The Bertz CT molecular complexity index is 995. The number of halogens is 1. The zero-order valence-electron chi connectivity index (χ0n) is 14.2. The molecule has 0 atom stereocenters. The first-order valence-corrected chi connectivity index (χ1v) is 8.57. The average Bonchev–Trinajstić information content (AvgIpc) is 2.58. The van der Waals surface area contributed by atoms with E-state index in [0.29, 0.717) is 21.5 Å². The van der Waals surface area contributed by atoms with E-state index >= 15 is 0 Å². The van der Waals surface area contributed by atoms with E-state index < -0.39 is 11.5 Å². The van der Waals surface area contributed by atoms with Gasteiger partial charge < -0.3 is 4.74 Å². The highest BCUT2D eigenvalue weighted by molar-refractivity contribution is 9.10. The number of nitrogens with zero attached hydrogens (tertiary/aromatic N) is 2. The second-order valence-electron chi connectivity index (χ2n) is 5.34. The van der Waals surface area contributed by atoms with Gasteiger partial charge in [-0.05, 0) is 55.9 Å². The van der Waals surface area contributed by atoms with Crippen molar-refractivity contribution in [3.05, 3.63) is 61.5 Å². The van der Waals surface area contributed by atoms with Crippen LogP contribution in [-0.4, -0.2) is 22.8 Å². The highest BCUT2D eigenvalue weighted by Crippen LogP contribution is 2.22. The Morgan fingerprint density at radius 2 is 2.04 bits per heavy atom. The van der Waals surface area contributed by atoms with Crippen LogP contribution in [0.25, 0.3) is 0 Å². The summed E-state index contributed by atoms with van der Waals surface area (Å²) in [6.07, 6.45) is 0. The number of methoxy groups -OCH3 is 1. The van der Waals surface area contributed by atoms with Crippen LogP contribution in [0.2, 0.25) is 0 Å². The van der Waals surface area contributed by atoms with Crippen LogP contribution in [-0.2, 0) is 0 Å². The SMILES string of the molecule is COc1ccc(Br)cc1C(=O)NC(=S)Nn1c(C)cc(C)c(C#N)c1=O. The maximum absolute atomic E-state index is 12.4. The van der Waals surface area contributed by atoms with Crippen molar-refractivity contribution >= 4 is 39.2 Å². The number of pyridine rings is 1. The molecule has 9 heteroatoms. The molecule has 134 valence electrons. The van der Waals surface area contributed by atoms with Gasteiger partial charge in [-0.1, -0.05) is 15.9 Å². The standard InChI is InChI=1S/C17H15BrN4O3S/c1-9-6-10(2)22(16(24)13(9)8-19)21-17(26)20-15(23)12-7-11(18)4-5-14(12)25-3/h4-7H,1-3H3,(H2,20,21,23,26). The third-order valence-electron chi connectivity index (χ3n) is 3.55. The van der Waals surface area contributed by atoms with Crippen LogP contribution in [0.15, 0.2) is 33.5 Å². The van der Waals surface area contributed by atoms with E-state index in [1.54, 1.807) is 38.1 Å². The van der Waals surface area contributed by atoms with Crippen LogP contribution in [0.5, 0.6) is 5.75 Å². The fraction of sp³-hybridized carbons (Fsp3) is 0.176. The van der Waals surface area contributed by atoms with Crippen LogP contribution in [0, 0.1) is 25.2 Å². The molecular weight excluding hydrogens is 420 g/mol. The first kappa shape index (κ1) is 19.6. The fourth-order valence-corrected chi connectivity index (χ4v) is 2.87. The van der Waals surface area contributed by atoms with Gasteiger partial charge in [-0.15, -0.1) is 0 Å². The van der Waals surface area contributed by atoms with Gasteiger partial charge in [-0.3, -0.25) is 20.3 Å². The van der Waals surface area contributed by atoms with Crippen LogP contribution >= 0.6 is 28.1 Å². The van der Waals surface area contributed by atoms with Crippen LogP contribution in [0.3, 0.4) is 0 Å². The number of aryl methyl sites for hydroxylation is 2. The van der Waals surface area contributed by atoms with Gasteiger partial charge in [0.1, 0.15) is 17.4 Å². The molecule has 0 fully saturated rings. The van der Waals surface area contributed by atoms with Crippen molar-refractivity contribution in [2.75, 3.05) is 12.5 Å². The minimum absolute atomic E-state index is 0.00545. The van der Waals surface area contributed by atoms with E-state index in [-0.39, 0.29) is 16.2 Å². The Morgan fingerprint density at radius 1 is 1.35 bits per heavy atom. The number of nitrogens with one attached hydrogen (secondary N) is 2. The number of hydrogen-bond donors (Lipinski definition) is 2. The summed E-state index contributed by atoms with van der Waals surface area (Å²) in [5, 5.41) is 11.5. The van der Waals surface area contributed by atoms with E-state index in [0.717, 1.165) is 4.68 Å². The largest absolute Gasteiger partial charge is 0.496 e. The molecule has 0 aliphatic carbocycles. The molecule has 0 saturated carbocycles. The first-order chi connectivity index (χ1) is 12.3. The summed E-state index contributed by atoms with van der Waals surface area (Å²) in [5.74, 6) is -0.122. The second kappa shape index (κ2) is 8.12. The van der Waals surface area contributed by atoms with Gasteiger partial charge in [0.2, 0.25) is 0 Å². The predicted octanol–water partition coefficient (Wildman–Crippen LogP) is 2.37. The van der Waals surface area contributed by atoms with Crippen molar-refractivity contribution in [1.29, 1.82) is 5.26 Å². The Morgan fingerprint density at radius 3 is 2.65 bits per heavy atom. The quantitative estimate of drug-likeness (QED) is 0.719. The summed E-state index contributed by atoms with van der Waals surface area (Å²) in [6.45, 7) is 3.36. The maximum atomic E-state index is 12.4. The summed E-state index contributed by atoms with van der Waals surface area (Å²) in [7, 11) is 1.45. The van der Waals surface area contributed by atoms with Crippen molar-refractivity contribution in [2.24, 2.45) is 0 Å². The van der Waals surface area contributed by atoms with E-state index in [2.05, 4.69) is 26.7 Å². The molecule has 26 heavy (non-hydrogen) atoms. The van der Waals surface area contributed by atoms with Gasteiger partial charge in [0.05, 0.1) is 12.7 Å². The summed E-state index contributed by atoms with van der Waals surface area (Å²) in [4.78, 5) is 24.8. The third kappa shape index (κ3) is 4.09. The molecule has 2 rings (SSSR count).